The Morgan fingerprint density at radius 2 is 1.41 bits per heavy atom. The van der Waals surface area contributed by atoms with Gasteiger partial charge in [-0.1, -0.05) is 62.3 Å². The third-order valence-corrected chi connectivity index (χ3v) is 7.96. The van der Waals surface area contributed by atoms with Crippen molar-refractivity contribution in [2.75, 3.05) is 12.3 Å². The molecule has 4 aromatic rings. The van der Waals surface area contributed by atoms with Crippen molar-refractivity contribution in [1.82, 2.24) is 10.5 Å². The van der Waals surface area contributed by atoms with Crippen LogP contribution in [0.3, 0.4) is 0 Å². The van der Waals surface area contributed by atoms with Crippen molar-refractivity contribution < 1.29 is 48.6 Å². The first-order valence-electron chi connectivity index (χ1n) is 13.9. The Kier molecular flexibility index (Phi) is 9.74. The van der Waals surface area contributed by atoms with Crippen molar-refractivity contribution in [2.24, 2.45) is 0 Å². The highest BCUT2D eigenvalue weighted by atomic mass is 32.2. The van der Waals surface area contributed by atoms with Gasteiger partial charge in [0.15, 0.2) is 5.76 Å². The van der Waals surface area contributed by atoms with Crippen LogP contribution in [0, 0.1) is 0 Å². The third kappa shape index (κ3) is 8.97. The van der Waals surface area contributed by atoms with E-state index >= 15 is 0 Å². The van der Waals surface area contributed by atoms with Crippen LogP contribution in [0.5, 0.6) is 0 Å². The summed E-state index contributed by atoms with van der Waals surface area (Å²) >= 11 is 0. The number of aromatic nitrogens is 1. The predicted molar refractivity (Wildman–Crippen MR) is 158 cm³/mol. The highest BCUT2D eigenvalue weighted by molar-refractivity contribution is 7.85. The van der Waals surface area contributed by atoms with Crippen molar-refractivity contribution in [3.05, 3.63) is 112 Å². The highest BCUT2D eigenvalue weighted by Crippen LogP contribution is 2.40. The number of hydrogen-bond donors (Lipinski definition) is 2. The minimum atomic E-state index is -5.03. The lowest BCUT2D eigenvalue weighted by molar-refractivity contribution is -0.143. The minimum Gasteiger partial charge on any atom is -0.356 e. The first-order valence-corrected chi connectivity index (χ1v) is 15.5. The topological polar surface area (TPSA) is 110 Å². The molecule has 4 rings (SSSR count). The molecule has 0 saturated heterocycles. The molecule has 1 heterocycles. The number of rotatable bonds is 9. The molecule has 1 amide bonds. The molecule has 0 bridgehead atoms. The molecule has 1 aromatic heterocycles. The Labute approximate surface area is 261 Å². The molecular formula is C32H30F6N2O5S. The fourth-order valence-corrected chi connectivity index (χ4v) is 5.08. The highest BCUT2D eigenvalue weighted by Gasteiger charge is 2.37. The summed E-state index contributed by atoms with van der Waals surface area (Å²) in [6, 6.07) is 16.4. The largest absolute Gasteiger partial charge is 0.416 e. The molecule has 0 aliphatic rings. The number of alkyl halides is 6. The molecule has 0 radical (unpaired) electrons. The van der Waals surface area contributed by atoms with Gasteiger partial charge < -0.3 is 9.84 Å². The van der Waals surface area contributed by atoms with Gasteiger partial charge in [-0.15, -0.1) is 0 Å². The van der Waals surface area contributed by atoms with Gasteiger partial charge in [0.2, 0.25) is 0 Å². The molecule has 1 unspecified atom stereocenters. The van der Waals surface area contributed by atoms with Crippen LogP contribution in [-0.4, -0.2) is 36.3 Å². The summed E-state index contributed by atoms with van der Waals surface area (Å²) in [5.74, 6) is -2.04. The average molecular weight is 669 g/mol. The van der Waals surface area contributed by atoms with E-state index in [1.807, 2.05) is 45.0 Å². The van der Waals surface area contributed by atoms with Crippen LogP contribution in [0.2, 0.25) is 0 Å². The van der Waals surface area contributed by atoms with E-state index in [9.17, 15) is 39.6 Å². The monoisotopic (exact) mass is 668 g/mol. The van der Waals surface area contributed by atoms with E-state index in [4.69, 9.17) is 9.08 Å². The molecule has 0 spiro atoms. The zero-order chi connectivity index (χ0) is 34.1. The number of nitrogens with zero attached hydrogens (tertiary/aromatic N) is 1. The van der Waals surface area contributed by atoms with Gasteiger partial charge >= 0.3 is 12.4 Å². The van der Waals surface area contributed by atoms with Gasteiger partial charge in [0, 0.05) is 29.7 Å². The lowest BCUT2D eigenvalue weighted by atomic mass is 9.83. The van der Waals surface area contributed by atoms with Crippen molar-refractivity contribution in [3.63, 3.8) is 0 Å². The molecule has 0 saturated carbocycles. The molecular weight excluding hydrogens is 638 g/mol. The van der Waals surface area contributed by atoms with Gasteiger partial charge in [-0.2, -0.15) is 34.8 Å². The quantitative estimate of drug-likeness (QED) is 0.140. The molecule has 3 aromatic carbocycles. The number of nitrogens with one attached hydrogen (secondary N) is 1. The minimum absolute atomic E-state index is 0.0405. The van der Waals surface area contributed by atoms with Gasteiger partial charge in [0.25, 0.3) is 16.0 Å². The van der Waals surface area contributed by atoms with Crippen LogP contribution >= 0.6 is 0 Å². The number of amides is 1. The summed E-state index contributed by atoms with van der Waals surface area (Å²) in [5, 5.41) is 6.44. The zero-order valence-corrected chi connectivity index (χ0v) is 25.6. The maximum atomic E-state index is 13.5. The molecule has 46 heavy (non-hydrogen) atoms. The summed E-state index contributed by atoms with van der Waals surface area (Å²) in [4.78, 5) is 12.4. The first kappa shape index (κ1) is 34.7. The summed E-state index contributed by atoms with van der Waals surface area (Å²) in [7, 11) is -4.25. The van der Waals surface area contributed by atoms with Crippen molar-refractivity contribution >= 4 is 16.0 Å². The smallest absolute Gasteiger partial charge is 0.356 e. The van der Waals surface area contributed by atoms with Crippen molar-refractivity contribution in [1.29, 1.82) is 0 Å². The standard InChI is InChI=1S/C32H30F6N2O5S/c1-30(2,3)23-10-8-20(9-11-23)26(14-19-4-6-21(7-5-19)29(41)39-12-13-46(42,43)44)27-18-28(45-40-27)22-15-24(31(33,34)35)17-25(16-22)32(36,37)38/h4-11,15-18,26H,12-14H2,1-3H3,(H,39,41)(H,42,43,44). The van der Waals surface area contributed by atoms with Crippen molar-refractivity contribution in [3.8, 4) is 11.3 Å². The van der Waals surface area contributed by atoms with E-state index in [0.717, 1.165) is 11.1 Å². The Balaban J connectivity index is 1.68. The van der Waals surface area contributed by atoms with E-state index in [2.05, 4.69) is 10.5 Å². The molecule has 7 nitrogen and oxygen atoms in total. The van der Waals surface area contributed by atoms with Crippen LogP contribution in [0.1, 0.15) is 70.6 Å². The van der Waals surface area contributed by atoms with E-state index in [0.29, 0.717) is 17.7 Å². The Bertz CT molecular complexity index is 1760. The second-order valence-electron chi connectivity index (χ2n) is 11.8. The lowest BCUT2D eigenvalue weighted by Crippen LogP contribution is -2.28. The number of benzene rings is 3. The fourth-order valence-electron chi connectivity index (χ4n) is 4.72. The fraction of sp³-hybridized carbons (Fsp3) is 0.312. The maximum absolute atomic E-state index is 13.5. The third-order valence-electron chi connectivity index (χ3n) is 7.24. The van der Waals surface area contributed by atoms with Gasteiger partial charge in [-0.25, -0.2) is 0 Å². The van der Waals surface area contributed by atoms with Crippen LogP contribution < -0.4 is 5.32 Å². The van der Waals surface area contributed by atoms with E-state index in [1.54, 1.807) is 12.1 Å². The second kappa shape index (κ2) is 12.9. The van der Waals surface area contributed by atoms with Crippen LogP contribution in [-0.2, 0) is 34.3 Å². The summed E-state index contributed by atoms with van der Waals surface area (Å²) < 4.78 is 117. The summed E-state index contributed by atoms with van der Waals surface area (Å²) in [6.45, 7) is 5.81. The molecule has 0 aliphatic carbocycles. The van der Waals surface area contributed by atoms with Crippen LogP contribution in [0.25, 0.3) is 11.3 Å². The van der Waals surface area contributed by atoms with Crippen LogP contribution in [0.4, 0.5) is 26.3 Å². The summed E-state index contributed by atoms with van der Waals surface area (Å²) in [5.41, 5.74) is -0.584. The molecule has 0 aliphatic heterocycles. The van der Waals surface area contributed by atoms with Gasteiger partial charge in [-0.05, 0) is 58.9 Å². The predicted octanol–water partition coefficient (Wildman–Crippen LogP) is 7.67. The summed E-state index contributed by atoms with van der Waals surface area (Å²) in [6.07, 6.45) is -9.80. The van der Waals surface area contributed by atoms with Gasteiger partial charge in [0.05, 0.1) is 22.6 Å². The van der Waals surface area contributed by atoms with E-state index in [-0.39, 0.29) is 41.5 Å². The van der Waals surface area contributed by atoms with Crippen LogP contribution in [0.15, 0.2) is 77.3 Å². The second-order valence-corrected chi connectivity index (χ2v) is 13.4. The Hall–Kier alpha value is -4.17. The Morgan fingerprint density at radius 1 is 0.848 bits per heavy atom. The van der Waals surface area contributed by atoms with Gasteiger partial charge in [-0.3, -0.25) is 9.35 Å². The van der Waals surface area contributed by atoms with Gasteiger partial charge in [0.1, 0.15) is 0 Å². The lowest BCUT2D eigenvalue weighted by Gasteiger charge is -2.21. The number of carbonyl (C=O) groups is 1. The van der Waals surface area contributed by atoms with E-state index in [1.165, 1.54) is 18.2 Å². The van der Waals surface area contributed by atoms with E-state index < -0.39 is 56.7 Å². The van der Waals surface area contributed by atoms with Crippen molar-refractivity contribution in [2.45, 2.75) is 50.9 Å². The number of hydrogen-bond acceptors (Lipinski definition) is 5. The maximum Gasteiger partial charge on any atom is 0.416 e. The number of halogens is 6. The first-order chi connectivity index (χ1) is 21.2. The zero-order valence-electron chi connectivity index (χ0n) is 24.8. The number of carbonyl (C=O) groups excluding carboxylic acids is 1. The molecule has 246 valence electrons. The molecule has 0 fully saturated rings. The normalized spacial score (nSPS) is 13.4. The SMILES string of the molecule is CC(C)(C)c1ccc(C(Cc2ccc(C(=O)NCCS(=O)(=O)O)cc2)c2cc(-c3cc(C(F)(F)F)cc(C(F)(F)F)c3)on2)cc1. The average Bonchev–Trinajstić information content (AvgIpc) is 3.44. The molecule has 14 heteroatoms. The Morgan fingerprint density at radius 3 is 1.91 bits per heavy atom. The molecule has 2 N–H and O–H groups in total. The molecule has 1 atom stereocenters.